The van der Waals surface area contributed by atoms with E-state index in [4.69, 9.17) is 4.74 Å². The summed E-state index contributed by atoms with van der Waals surface area (Å²) in [5.74, 6) is 1.22. The molecule has 0 amide bonds. The van der Waals surface area contributed by atoms with Crippen molar-refractivity contribution in [1.29, 1.82) is 0 Å². The second-order valence-corrected chi connectivity index (χ2v) is 9.42. The van der Waals surface area contributed by atoms with Crippen LogP contribution >= 0.6 is 0 Å². The van der Waals surface area contributed by atoms with Gasteiger partial charge in [-0.2, -0.15) is 15.0 Å². The van der Waals surface area contributed by atoms with Gasteiger partial charge < -0.3 is 25.8 Å². The lowest BCUT2D eigenvalue weighted by Crippen LogP contribution is -2.36. The van der Waals surface area contributed by atoms with E-state index < -0.39 is 5.82 Å². The van der Waals surface area contributed by atoms with E-state index in [0.717, 1.165) is 38.9 Å². The Bertz CT molecular complexity index is 957. The molecule has 1 aromatic carbocycles. The standard InChI is InChI=1S/C25H38FN7O2/c1-3-33-13-7-10-19(33)15-27-23-30-24(28-18-11-12-22(35-2)20(26)14-18)32-25(31-23)29-21(16-34)17-8-5-4-6-9-17/h11-12,14,17,19,21,34H,3-10,13,15-16H2,1-2H3,(H3,27,28,29,30,31,32). The number of hydrogen-bond donors (Lipinski definition) is 4. The molecule has 0 bridgehead atoms. The van der Waals surface area contributed by atoms with Crippen molar-refractivity contribution in [3.8, 4) is 5.75 Å². The van der Waals surface area contributed by atoms with Crippen molar-refractivity contribution in [2.45, 2.75) is 64.0 Å². The molecule has 0 radical (unpaired) electrons. The first-order chi connectivity index (χ1) is 17.1. The second kappa shape index (κ2) is 12.3. The van der Waals surface area contributed by atoms with Crippen molar-refractivity contribution >= 4 is 23.5 Å². The minimum absolute atomic E-state index is 0.0130. The summed E-state index contributed by atoms with van der Waals surface area (Å²) < 4.78 is 19.2. The Morgan fingerprint density at radius 2 is 1.86 bits per heavy atom. The summed E-state index contributed by atoms with van der Waals surface area (Å²) in [5, 5.41) is 19.9. The van der Waals surface area contributed by atoms with Gasteiger partial charge in [-0.15, -0.1) is 0 Å². The molecule has 2 unspecified atom stereocenters. The number of likely N-dealkylation sites (N-methyl/N-ethyl adjacent to an activating group) is 1. The molecule has 9 nitrogen and oxygen atoms in total. The number of benzene rings is 1. The van der Waals surface area contributed by atoms with E-state index in [1.165, 1.54) is 38.9 Å². The summed E-state index contributed by atoms with van der Waals surface area (Å²) in [5.41, 5.74) is 0.505. The Morgan fingerprint density at radius 1 is 1.09 bits per heavy atom. The zero-order valence-corrected chi connectivity index (χ0v) is 20.8. The van der Waals surface area contributed by atoms with Gasteiger partial charge in [0.1, 0.15) is 0 Å². The molecule has 4 N–H and O–H groups in total. The number of likely N-dealkylation sites (tertiary alicyclic amines) is 1. The topological polar surface area (TPSA) is 107 Å². The van der Waals surface area contributed by atoms with Crippen LogP contribution in [-0.2, 0) is 0 Å². The first-order valence-electron chi connectivity index (χ1n) is 12.8. The quantitative estimate of drug-likeness (QED) is 0.374. The second-order valence-electron chi connectivity index (χ2n) is 9.42. The number of aliphatic hydroxyl groups excluding tert-OH is 1. The van der Waals surface area contributed by atoms with E-state index in [1.807, 2.05) is 0 Å². The summed E-state index contributed by atoms with van der Waals surface area (Å²) in [6.07, 6.45) is 8.10. The van der Waals surface area contributed by atoms with Gasteiger partial charge in [-0.25, -0.2) is 4.39 Å². The number of ether oxygens (including phenoxy) is 1. The molecule has 35 heavy (non-hydrogen) atoms. The Hall–Kier alpha value is -2.72. The molecule has 2 aromatic rings. The van der Waals surface area contributed by atoms with Crippen LogP contribution in [0.1, 0.15) is 51.9 Å². The average Bonchev–Trinajstić information content (AvgIpc) is 3.34. The predicted molar refractivity (Wildman–Crippen MR) is 136 cm³/mol. The SMILES string of the molecule is CCN1CCCC1CNc1nc(Nc2ccc(OC)c(F)c2)nc(NC(CO)C2CCCCC2)n1. The fourth-order valence-electron chi connectivity index (χ4n) is 5.22. The van der Waals surface area contributed by atoms with Gasteiger partial charge >= 0.3 is 0 Å². The highest BCUT2D eigenvalue weighted by atomic mass is 19.1. The smallest absolute Gasteiger partial charge is 0.233 e. The van der Waals surface area contributed by atoms with Crippen molar-refractivity contribution in [3.63, 3.8) is 0 Å². The molecule has 1 saturated heterocycles. The molecule has 2 fully saturated rings. The zero-order valence-electron chi connectivity index (χ0n) is 20.8. The lowest BCUT2D eigenvalue weighted by Gasteiger charge is -2.29. The normalized spacial score (nSPS) is 19.9. The van der Waals surface area contributed by atoms with Crippen molar-refractivity contribution in [2.24, 2.45) is 5.92 Å². The van der Waals surface area contributed by atoms with E-state index in [2.05, 4.69) is 42.7 Å². The molecule has 1 aliphatic heterocycles. The van der Waals surface area contributed by atoms with E-state index in [-0.39, 0.29) is 18.4 Å². The van der Waals surface area contributed by atoms with Gasteiger partial charge in [0.2, 0.25) is 17.8 Å². The lowest BCUT2D eigenvalue weighted by molar-refractivity contribution is 0.209. The number of hydrogen-bond acceptors (Lipinski definition) is 9. The molecule has 2 atom stereocenters. The molecule has 192 valence electrons. The van der Waals surface area contributed by atoms with Gasteiger partial charge in [0.25, 0.3) is 0 Å². The molecule has 4 rings (SSSR count). The van der Waals surface area contributed by atoms with Crippen LogP contribution in [0.25, 0.3) is 0 Å². The van der Waals surface area contributed by atoms with Crippen LogP contribution in [-0.4, -0.2) is 70.4 Å². The molecular formula is C25H38FN7O2. The third kappa shape index (κ3) is 6.70. The van der Waals surface area contributed by atoms with E-state index >= 15 is 0 Å². The summed E-state index contributed by atoms with van der Waals surface area (Å²) in [6, 6.07) is 4.93. The van der Waals surface area contributed by atoms with Gasteiger partial charge in [-0.3, -0.25) is 4.90 Å². The van der Waals surface area contributed by atoms with Gasteiger partial charge in [0.05, 0.1) is 19.8 Å². The largest absolute Gasteiger partial charge is 0.494 e. The minimum Gasteiger partial charge on any atom is -0.494 e. The van der Waals surface area contributed by atoms with Crippen LogP contribution in [0.2, 0.25) is 0 Å². The van der Waals surface area contributed by atoms with Gasteiger partial charge in [0, 0.05) is 24.3 Å². The van der Waals surface area contributed by atoms with Gasteiger partial charge in [0.15, 0.2) is 11.6 Å². The van der Waals surface area contributed by atoms with Crippen LogP contribution in [0.3, 0.4) is 0 Å². The number of nitrogens with zero attached hydrogens (tertiary/aromatic N) is 4. The number of aromatic nitrogens is 3. The number of nitrogens with one attached hydrogen (secondary N) is 3. The van der Waals surface area contributed by atoms with E-state index in [0.29, 0.717) is 35.5 Å². The number of methoxy groups -OCH3 is 1. The molecular weight excluding hydrogens is 449 g/mol. The van der Waals surface area contributed by atoms with Crippen molar-refractivity contribution in [2.75, 3.05) is 49.3 Å². The summed E-state index contributed by atoms with van der Waals surface area (Å²) in [7, 11) is 1.43. The van der Waals surface area contributed by atoms with Crippen molar-refractivity contribution in [1.82, 2.24) is 19.9 Å². The fraction of sp³-hybridized carbons (Fsp3) is 0.640. The predicted octanol–water partition coefficient (Wildman–Crippen LogP) is 4.01. The molecule has 10 heteroatoms. The monoisotopic (exact) mass is 487 g/mol. The van der Waals surface area contributed by atoms with Gasteiger partial charge in [-0.1, -0.05) is 26.2 Å². The summed E-state index contributed by atoms with van der Waals surface area (Å²) in [4.78, 5) is 16.1. The average molecular weight is 488 g/mol. The lowest BCUT2D eigenvalue weighted by atomic mass is 9.84. The third-order valence-corrected chi connectivity index (χ3v) is 7.17. The highest BCUT2D eigenvalue weighted by Crippen LogP contribution is 2.28. The first-order valence-corrected chi connectivity index (χ1v) is 12.8. The Labute approximate surface area is 206 Å². The Balaban J connectivity index is 1.53. The van der Waals surface area contributed by atoms with E-state index in [1.54, 1.807) is 12.1 Å². The van der Waals surface area contributed by atoms with Crippen molar-refractivity contribution < 1.29 is 14.2 Å². The molecule has 1 aromatic heterocycles. The van der Waals surface area contributed by atoms with Crippen LogP contribution < -0.4 is 20.7 Å². The summed E-state index contributed by atoms with van der Waals surface area (Å²) >= 11 is 0. The third-order valence-electron chi connectivity index (χ3n) is 7.17. The minimum atomic E-state index is -0.471. The number of aliphatic hydroxyl groups is 1. The van der Waals surface area contributed by atoms with Crippen LogP contribution in [0.4, 0.5) is 27.9 Å². The maximum absolute atomic E-state index is 14.2. The number of halogens is 1. The van der Waals surface area contributed by atoms with Crippen LogP contribution in [0, 0.1) is 11.7 Å². The van der Waals surface area contributed by atoms with E-state index in [9.17, 15) is 9.50 Å². The maximum atomic E-state index is 14.2. The Morgan fingerprint density at radius 3 is 2.57 bits per heavy atom. The maximum Gasteiger partial charge on any atom is 0.233 e. The first kappa shape index (κ1) is 25.4. The number of rotatable bonds is 11. The number of anilines is 4. The van der Waals surface area contributed by atoms with Crippen LogP contribution in [0.15, 0.2) is 18.2 Å². The molecule has 0 spiro atoms. The highest BCUT2D eigenvalue weighted by molar-refractivity contribution is 5.57. The molecule has 2 heterocycles. The highest BCUT2D eigenvalue weighted by Gasteiger charge is 2.25. The van der Waals surface area contributed by atoms with Crippen molar-refractivity contribution in [3.05, 3.63) is 24.0 Å². The van der Waals surface area contributed by atoms with Gasteiger partial charge in [-0.05, 0) is 56.8 Å². The molecule has 1 aliphatic carbocycles. The fourth-order valence-corrected chi connectivity index (χ4v) is 5.22. The summed E-state index contributed by atoms with van der Waals surface area (Å²) in [6.45, 7) is 5.06. The molecule has 2 aliphatic rings. The zero-order chi connectivity index (χ0) is 24.6. The van der Waals surface area contributed by atoms with Crippen LogP contribution in [0.5, 0.6) is 5.75 Å². The molecule has 1 saturated carbocycles. The Kier molecular flexibility index (Phi) is 8.92.